The molecule has 5 heteroatoms. The second-order valence-corrected chi connectivity index (χ2v) is 5.48. The zero-order valence-electron chi connectivity index (χ0n) is 11.6. The van der Waals surface area contributed by atoms with Gasteiger partial charge in [-0.3, -0.25) is 0 Å². The summed E-state index contributed by atoms with van der Waals surface area (Å²) in [4.78, 5) is 3.23. The standard InChI is InChI=1S/C16H15ClN2OS/c1-2-20-14-9-5-8-13-15(14)18-16(21)19(13)10-11-6-3-4-7-12(11)17/h3-9H,2,10H2,1H3,(H,18,21). The third kappa shape index (κ3) is 2.69. The average Bonchev–Trinajstić information content (AvgIpc) is 2.79. The van der Waals surface area contributed by atoms with Crippen LogP contribution in [0.4, 0.5) is 0 Å². The van der Waals surface area contributed by atoms with Crippen molar-refractivity contribution >= 4 is 34.9 Å². The number of nitrogens with one attached hydrogen (secondary N) is 1. The summed E-state index contributed by atoms with van der Waals surface area (Å²) in [5.41, 5.74) is 2.99. The Balaban J connectivity index is 2.11. The highest BCUT2D eigenvalue weighted by atomic mass is 35.5. The molecule has 108 valence electrons. The van der Waals surface area contributed by atoms with E-state index < -0.39 is 0 Å². The van der Waals surface area contributed by atoms with Crippen LogP contribution >= 0.6 is 23.8 Å². The third-order valence-corrected chi connectivity index (χ3v) is 4.05. The number of ether oxygens (including phenoxy) is 1. The Hall–Kier alpha value is -1.78. The molecule has 2 aromatic carbocycles. The van der Waals surface area contributed by atoms with Gasteiger partial charge >= 0.3 is 0 Å². The number of hydrogen-bond donors (Lipinski definition) is 1. The molecule has 0 amide bonds. The van der Waals surface area contributed by atoms with Crippen LogP contribution in [0.5, 0.6) is 5.75 Å². The molecule has 3 rings (SSSR count). The molecule has 1 N–H and O–H groups in total. The molecule has 0 bridgehead atoms. The number of H-pyrrole nitrogens is 1. The maximum Gasteiger partial charge on any atom is 0.178 e. The number of hydrogen-bond acceptors (Lipinski definition) is 2. The van der Waals surface area contributed by atoms with Gasteiger partial charge in [0.25, 0.3) is 0 Å². The van der Waals surface area contributed by atoms with Crippen molar-refractivity contribution < 1.29 is 4.74 Å². The molecule has 0 saturated carbocycles. The maximum absolute atomic E-state index is 6.24. The fourth-order valence-electron chi connectivity index (χ4n) is 2.38. The largest absolute Gasteiger partial charge is 0.492 e. The fourth-order valence-corrected chi connectivity index (χ4v) is 2.84. The first-order chi connectivity index (χ1) is 10.2. The quantitative estimate of drug-likeness (QED) is 0.700. The number of aromatic amines is 1. The Morgan fingerprint density at radius 1 is 1.19 bits per heavy atom. The van der Waals surface area contributed by atoms with E-state index in [2.05, 4.69) is 4.98 Å². The summed E-state index contributed by atoms with van der Waals surface area (Å²) < 4.78 is 8.34. The topological polar surface area (TPSA) is 29.9 Å². The highest BCUT2D eigenvalue weighted by Crippen LogP contribution is 2.26. The first-order valence-electron chi connectivity index (χ1n) is 6.78. The lowest BCUT2D eigenvalue weighted by molar-refractivity contribution is 0.343. The number of benzene rings is 2. The molecule has 0 radical (unpaired) electrons. The van der Waals surface area contributed by atoms with Crippen LogP contribution in [0.15, 0.2) is 42.5 Å². The molecule has 0 spiro atoms. The van der Waals surface area contributed by atoms with Crippen LogP contribution in [0, 0.1) is 4.77 Å². The van der Waals surface area contributed by atoms with Gasteiger partial charge in [0.15, 0.2) is 4.77 Å². The van der Waals surface area contributed by atoms with Crippen LogP contribution in [0.2, 0.25) is 5.02 Å². The number of aromatic nitrogens is 2. The first-order valence-corrected chi connectivity index (χ1v) is 7.57. The van der Waals surface area contributed by atoms with Gasteiger partial charge in [0.1, 0.15) is 11.3 Å². The number of imidazole rings is 1. The molecule has 0 saturated heterocycles. The van der Waals surface area contributed by atoms with Gasteiger partial charge in [-0.1, -0.05) is 35.9 Å². The summed E-state index contributed by atoms with van der Waals surface area (Å²) in [6.07, 6.45) is 0. The van der Waals surface area contributed by atoms with E-state index in [4.69, 9.17) is 28.6 Å². The lowest BCUT2D eigenvalue weighted by Gasteiger charge is -2.08. The number of nitrogens with zero attached hydrogens (tertiary/aromatic N) is 1. The Morgan fingerprint density at radius 3 is 2.76 bits per heavy atom. The molecule has 0 aliphatic heterocycles. The van der Waals surface area contributed by atoms with Crippen LogP contribution < -0.4 is 4.74 Å². The minimum absolute atomic E-state index is 0.620. The monoisotopic (exact) mass is 318 g/mol. The highest BCUT2D eigenvalue weighted by Gasteiger charge is 2.10. The smallest absolute Gasteiger partial charge is 0.178 e. The average molecular weight is 319 g/mol. The van der Waals surface area contributed by atoms with Gasteiger partial charge in [-0.05, 0) is 42.9 Å². The number of rotatable bonds is 4. The van der Waals surface area contributed by atoms with Gasteiger partial charge in [-0.15, -0.1) is 0 Å². The minimum Gasteiger partial charge on any atom is -0.492 e. The van der Waals surface area contributed by atoms with E-state index in [1.165, 1.54) is 0 Å². The second kappa shape index (κ2) is 5.92. The summed E-state index contributed by atoms with van der Waals surface area (Å²) in [7, 11) is 0. The Bertz CT molecular complexity index is 838. The van der Waals surface area contributed by atoms with Gasteiger partial charge < -0.3 is 14.3 Å². The summed E-state index contributed by atoms with van der Waals surface area (Å²) in [5.74, 6) is 0.819. The van der Waals surface area contributed by atoms with E-state index in [0.29, 0.717) is 17.9 Å². The number of fused-ring (bicyclic) bond motifs is 1. The van der Waals surface area contributed by atoms with Crippen LogP contribution in [0.25, 0.3) is 11.0 Å². The highest BCUT2D eigenvalue weighted by molar-refractivity contribution is 7.71. The normalized spacial score (nSPS) is 11.0. The van der Waals surface area contributed by atoms with Crippen LogP contribution in [0.1, 0.15) is 12.5 Å². The van der Waals surface area contributed by atoms with Crippen molar-refractivity contribution in [2.75, 3.05) is 6.61 Å². The Labute approximate surface area is 133 Å². The molecule has 3 nitrogen and oxygen atoms in total. The van der Waals surface area contributed by atoms with Crippen molar-refractivity contribution in [1.82, 2.24) is 9.55 Å². The number of para-hydroxylation sites is 1. The van der Waals surface area contributed by atoms with E-state index in [0.717, 1.165) is 27.4 Å². The SMILES string of the molecule is CCOc1cccc2c1[nH]c(=S)n2Cc1ccccc1Cl. The zero-order valence-corrected chi connectivity index (χ0v) is 13.2. The number of halogens is 1. The van der Waals surface area contributed by atoms with E-state index >= 15 is 0 Å². The summed E-state index contributed by atoms with van der Waals surface area (Å²) in [6, 6.07) is 13.7. The molecule has 0 unspecified atom stereocenters. The molecule has 21 heavy (non-hydrogen) atoms. The third-order valence-electron chi connectivity index (χ3n) is 3.36. The predicted molar refractivity (Wildman–Crippen MR) is 88.8 cm³/mol. The summed E-state index contributed by atoms with van der Waals surface area (Å²) in [6.45, 7) is 3.22. The van der Waals surface area contributed by atoms with Crippen molar-refractivity contribution in [3.8, 4) is 5.75 Å². The molecule has 0 aliphatic carbocycles. The van der Waals surface area contributed by atoms with Crippen molar-refractivity contribution in [1.29, 1.82) is 0 Å². The van der Waals surface area contributed by atoms with E-state index in [1.807, 2.05) is 54.0 Å². The van der Waals surface area contributed by atoms with Crippen molar-refractivity contribution in [2.24, 2.45) is 0 Å². The molecule has 1 heterocycles. The molecule has 1 aromatic heterocycles. The Morgan fingerprint density at radius 2 is 2.00 bits per heavy atom. The predicted octanol–water partition coefficient (Wildman–Crippen LogP) is 4.80. The Kier molecular flexibility index (Phi) is 3.99. The van der Waals surface area contributed by atoms with E-state index in [1.54, 1.807) is 0 Å². The van der Waals surface area contributed by atoms with Gasteiger partial charge in [0.05, 0.1) is 18.7 Å². The second-order valence-electron chi connectivity index (χ2n) is 4.69. The molecule has 0 fully saturated rings. The summed E-state index contributed by atoms with van der Waals surface area (Å²) >= 11 is 11.7. The van der Waals surface area contributed by atoms with Crippen LogP contribution in [-0.4, -0.2) is 16.2 Å². The zero-order chi connectivity index (χ0) is 14.8. The van der Waals surface area contributed by atoms with Gasteiger partial charge in [-0.2, -0.15) is 0 Å². The van der Waals surface area contributed by atoms with Gasteiger partial charge in [-0.25, -0.2) is 0 Å². The minimum atomic E-state index is 0.620. The van der Waals surface area contributed by atoms with E-state index in [9.17, 15) is 0 Å². The maximum atomic E-state index is 6.24. The van der Waals surface area contributed by atoms with Crippen molar-refractivity contribution in [2.45, 2.75) is 13.5 Å². The van der Waals surface area contributed by atoms with Gasteiger partial charge in [0.2, 0.25) is 0 Å². The molecule has 0 aliphatic rings. The molecular formula is C16H15ClN2OS. The molecular weight excluding hydrogens is 304 g/mol. The van der Waals surface area contributed by atoms with Crippen LogP contribution in [0.3, 0.4) is 0 Å². The van der Waals surface area contributed by atoms with Crippen molar-refractivity contribution in [3.05, 3.63) is 57.8 Å². The van der Waals surface area contributed by atoms with Gasteiger partial charge in [0, 0.05) is 5.02 Å². The molecule has 3 aromatic rings. The first kappa shape index (κ1) is 14.2. The lowest BCUT2D eigenvalue weighted by Crippen LogP contribution is -2.00. The summed E-state index contributed by atoms with van der Waals surface area (Å²) in [5, 5.41) is 0.745. The van der Waals surface area contributed by atoms with E-state index in [-0.39, 0.29) is 0 Å². The lowest BCUT2D eigenvalue weighted by atomic mass is 10.2. The van der Waals surface area contributed by atoms with Crippen LogP contribution in [-0.2, 0) is 6.54 Å². The van der Waals surface area contributed by atoms with Crippen molar-refractivity contribution in [3.63, 3.8) is 0 Å². The molecule has 0 atom stereocenters. The fraction of sp³-hybridized carbons (Fsp3) is 0.188.